The normalized spacial score (nSPS) is 17.3. The lowest BCUT2D eigenvalue weighted by Crippen LogP contribution is -2.46. The molecule has 0 radical (unpaired) electrons. The van der Waals surface area contributed by atoms with Crippen LogP contribution in [0.5, 0.6) is 0 Å². The Labute approximate surface area is 150 Å². The van der Waals surface area contributed by atoms with Crippen LogP contribution in [0.15, 0.2) is 29.3 Å². The number of morpholine rings is 1. The number of ether oxygens (including phenoxy) is 1. The van der Waals surface area contributed by atoms with Crippen LogP contribution >= 0.6 is 0 Å². The van der Waals surface area contributed by atoms with Gasteiger partial charge in [-0.1, -0.05) is 31.9 Å². The summed E-state index contributed by atoms with van der Waals surface area (Å²) in [4.78, 5) is 6.63. The summed E-state index contributed by atoms with van der Waals surface area (Å²) >= 11 is 0. The van der Waals surface area contributed by atoms with Gasteiger partial charge in [-0.25, -0.2) is 4.39 Å². The van der Waals surface area contributed by atoms with E-state index in [1.807, 2.05) is 6.07 Å². The van der Waals surface area contributed by atoms with Crippen LogP contribution in [0.4, 0.5) is 4.39 Å². The maximum absolute atomic E-state index is 13.7. The number of hydrogen-bond donors (Lipinski definition) is 2. The van der Waals surface area contributed by atoms with E-state index >= 15 is 0 Å². The molecule has 1 saturated heterocycles. The lowest BCUT2D eigenvalue weighted by molar-refractivity contribution is 0.0169. The Morgan fingerprint density at radius 1 is 1.28 bits per heavy atom. The summed E-state index contributed by atoms with van der Waals surface area (Å²) in [5.74, 6) is 0.601. The van der Waals surface area contributed by atoms with Crippen LogP contribution < -0.4 is 10.6 Å². The molecule has 0 aliphatic carbocycles. The second-order valence-electron chi connectivity index (χ2n) is 6.31. The van der Waals surface area contributed by atoms with Gasteiger partial charge in [0, 0.05) is 33.2 Å². The first kappa shape index (κ1) is 19.7. The minimum absolute atomic E-state index is 0.0915. The van der Waals surface area contributed by atoms with Crippen LogP contribution in [-0.4, -0.2) is 57.3 Å². The highest BCUT2D eigenvalue weighted by atomic mass is 19.1. The van der Waals surface area contributed by atoms with Crippen molar-refractivity contribution in [2.45, 2.75) is 32.2 Å². The smallest absolute Gasteiger partial charge is 0.191 e. The van der Waals surface area contributed by atoms with Crippen molar-refractivity contribution in [3.63, 3.8) is 0 Å². The van der Waals surface area contributed by atoms with E-state index in [1.54, 1.807) is 19.2 Å². The van der Waals surface area contributed by atoms with Crippen LogP contribution in [-0.2, 0) is 4.74 Å². The average molecular weight is 350 g/mol. The fourth-order valence-electron chi connectivity index (χ4n) is 3.06. The maximum Gasteiger partial charge on any atom is 0.191 e. The zero-order valence-electron chi connectivity index (χ0n) is 15.4. The Kier molecular flexibility index (Phi) is 8.69. The third kappa shape index (κ3) is 6.63. The van der Waals surface area contributed by atoms with Crippen LogP contribution in [0.1, 0.15) is 37.8 Å². The molecule has 5 nitrogen and oxygen atoms in total. The van der Waals surface area contributed by atoms with E-state index in [4.69, 9.17) is 4.74 Å². The molecular weight excluding hydrogens is 319 g/mol. The van der Waals surface area contributed by atoms with E-state index in [-0.39, 0.29) is 11.9 Å². The molecule has 140 valence electrons. The number of guanidine groups is 1. The van der Waals surface area contributed by atoms with Crippen molar-refractivity contribution in [2.75, 3.05) is 46.4 Å². The number of unbranched alkanes of at least 4 members (excludes halogenated alkanes) is 2. The molecule has 1 aromatic rings. The van der Waals surface area contributed by atoms with Gasteiger partial charge < -0.3 is 15.4 Å². The van der Waals surface area contributed by atoms with Crippen molar-refractivity contribution in [3.8, 4) is 0 Å². The molecule has 1 aromatic carbocycles. The molecule has 0 amide bonds. The Morgan fingerprint density at radius 3 is 2.76 bits per heavy atom. The minimum atomic E-state index is -0.196. The summed E-state index contributed by atoms with van der Waals surface area (Å²) in [6.45, 7) is 6.92. The Bertz CT molecular complexity index is 532. The number of rotatable bonds is 8. The van der Waals surface area contributed by atoms with E-state index in [0.29, 0.717) is 6.54 Å². The number of nitrogens with zero attached hydrogens (tertiary/aromatic N) is 2. The number of hydrogen-bond acceptors (Lipinski definition) is 3. The maximum atomic E-state index is 13.7. The molecule has 1 aliphatic heterocycles. The van der Waals surface area contributed by atoms with E-state index in [9.17, 15) is 4.39 Å². The molecular formula is C19H31FN4O. The number of aliphatic imine (C=N–C) groups is 1. The molecule has 25 heavy (non-hydrogen) atoms. The molecule has 6 heteroatoms. The van der Waals surface area contributed by atoms with Gasteiger partial charge in [0.05, 0.1) is 19.3 Å². The summed E-state index contributed by atoms with van der Waals surface area (Å²) < 4.78 is 19.2. The summed E-state index contributed by atoms with van der Waals surface area (Å²) in [6, 6.07) is 6.97. The van der Waals surface area contributed by atoms with E-state index in [1.165, 1.54) is 18.9 Å². The topological polar surface area (TPSA) is 48.9 Å². The fraction of sp³-hybridized carbons (Fsp3) is 0.632. The largest absolute Gasteiger partial charge is 0.379 e. The molecule has 1 heterocycles. The Hall–Kier alpha value is -1.66. The molecule has 1 aliphatic rings. The minimum Gasteiger partial charge on any atom is -0.379 e. The molecule has 0 saturated carbocycles. The van der Waals surface area contributed by atoms with Gasteiger partial charge in [-0.15, -0.1) is 0 Å². The summed E-state index contributed by atoms with van der Waals surface area (Å²) in [5, 5.41) is 6.74. The van der Waals surface area contributed by atoms with Gasteiger partial charge in [-0.2, -0.15) is 0 Å². The number of nitrogens with one attached hydrogen (secondary N) is 2. The first-order valence-electron chi connectivity index (χ1n) is 9.26. The summed E-state index contributed by atoms with van der Waals surface area (Å²) in [6.07, 6.45) is 3.55. The van der Waals surface area contributed by atoms with Crippen LogP contribution in [0.25, 0.3) is 0 Å². The van der Waals surface area contributed by atoms with E-state index < -0.39 is 0 Å². The number of benzene rings is 1. The molecule has 1 atom stereocenters. The van der Waals surface area contributed by atoms with Gasteiger partial charge in [0.2, 0.25) is 0 Å². The van der Waals surface area contributed by atoms with Crippen molar-refractivity contribution < 1.29 is 9.13 Å². The van der Waals surface area contributed by atoms with E-state index in [2.05, 4.69) is 27.4 Å². The van der Waals surface area contributed by atoms with Gasteiger partial charge in [-0.3, -0.25) is 9.89 Å². The molecule has 1 unspecified atom stereocenters. The van der Waals surface area contributed by atoms with Crippen molar-refractivity contribution in [1.29, 1.82) is 0 Å². The third-order valence-corrected chi connectivity index (χ3v) is 4.48. The molecule has 0 aromatic heterocycles. The second kappa shape index (κ2) is 11.1. The first-order chi connectivity index (χ1) is 12.2. The predicted octanol–water partition coefficient (Wildman–Crippen LogP) is 2.55. The van der Waals surface area contributed by atoms with Gasteiger partial charge in [0.1, 0.15) is 5.82 Å². The number of halogens is 1. The highest BCUT2D eigenvalue weighted by Crippen LogP contribution is 2.22. The Balaban J connectivity index is 1.97. The zero-order chi connectivity index (χ0) is 17.9. The summed E-state index contributed by atoms with van der Waals surface area (Å²) in [7, 11) is 1.78. The standard InChI is InChI=1S/C19H31FN4O/c1-3-4-5-9-22-19(21-2)23-15-18(24-10-12-25-13-11-24)16-7-6-8-17(20)14-16/h6-8,14,18H,3-5,9-13,15H2,1-2H3,(H2,21,22,23). The quantitative estimate of drug-likeness (QED) is 0.430. The lowest BCUT2D eigenvalue weighted by atomic mass is 10.0. The van der Waals surface area contributed by atoms with Crippen LogP contribution in [0.3, 0.4) is 0 Å². The van der Waals surface area contributed by atoms with Crippen molar-refractivity contribution in [3.05, 3.63) is 35.6 Å². The molecule has 2 N–H and O–H groups in total. The van der Waals surface area contributed by atoms with Crippen LogP contribution in [0, 0.1) is 5.82 Å². The van der Waals surface area contributed by atoms with Crippen molar-refractivity contribution in [1.82, 2.24) is 15.5 Å². The summed E-state index contributed by atoms with van der Waals surface area (Å²) in [5.41, 5.74) is 0.982. The molecule has 0 bridgehead atoms. The van der Waals surface area contributed by atoms with Gasteiger partial charge in [0.15, 0.2) is 5.96 Å². The first-order valence-corrected chi connectivity index (χ1v) is 9.26. The van der Waals surface area contributed by atoms with Gasteiger partial charge >= 0.3 is 0 Å². The SMILES string of the molecule is CCCCCNC(=NC)NCC(c1cccc(F)c1)N1CCOCC1. The van der Waals surface area contributed by atoms with Crippen molar-refractivity contribution >= 4 is 5.96 Å². The third-order valence-electron chi connectivity index (χ3n) is 4.48. The van der Waals surface area contributed by atoms with Gasteiger partial charge in [0.25, 0.3) is 0 Å². The average Bonchev–Trinajstić information content (AvgIpc) is 2.64. The molecule has 1 fully saturated rings. The van der Waals surface area contributed by atoms with Crippen molar-refractivity contribution in [2.24, 2.45) is 4.99 Å². The molecule has 2 rings (SSSR count). The van der Waals surface area contributed by atoms with Crippen LogP contribution in [0.2, 0.25) is 0 Å². The fourth-order valence-corrected chi connectivity index (χ4v) is 3.06. The highest BCUT2D eigenvalue weighted by Gasteiger charge is 2.23. The highest BCUT2D eigenvalue weighted by molar-refractivity contribution is 5.79. The Morgan fingerprint density at radius 2 is 2.08 bits per heavy atom. The lowest BCUT2D eigenvalue weighted by Gasteiger charge is -2.35. The molecule has 0 spiro atoms. The monoisotopic (exact) mass is 350 g/mol. The second-order valence-corrected chi connectivity index (χ2v) is 6.31. The van der Waals surface area contributed by atoms with E-state index in [0.717, 1.165) is 50.8 Å². The predicted molar refractivity (Wildman–Crippen MR) is 100 cm³/mol. The van der Waals surface area contributed by atoms with Gasteiger partial charge in [-0.05, 0) is 24.1 Å². The zero-order valence-corrected chi connectivity index (χ0v) is 15.4.